The first-order chi connectivity index (χ1) is 9.22. The van der Waals surface area contributed by atoms with Gasteiger partial charge in [-0.05, 0) is 60.4 Å². The highest BCUT2D eigenvalue weighted by Gasteiger charge is 2.33. The van der Waals surface area contributed by atoms with E-state index in [4.69, 9.17) is 0 Å². The van der Waals surface area contributed by atoms with Crippen LogP contribution in [0.3, 0.4) is 0 Å². The fourth-order valence-electron chi connectivity index (χ4n) is 3.38. The Bertz CT molecular complexity index is 500. The minimum atomic E-state index is 0.767. The third kappa shape index (κ3) is 2.94. The van der Waals surface area contributed by atoms with E-state index in [1.807, 2.05) is 0 Å². The van der Waals surface area contributed by atoms with Crippen molar-refractivity contribution in [3.8, 4) is 0 Å². The minimum absolute atomic E-state index is 0.767. The number of allylic oxidation sites excluding steroid dienone is 3. The second-order valence-corrected chi connectivity index (χ2v) is 6.75. The van der Waals surface area contributed by atoms with Gasteiger partial charge in [0.1, 0.15) is 0 Å². The Labute approximate surface area is 123 Å². The molecule has 100 valence electrons. The molecule has 1 aromatic rings. The molecule has 0 aromatic heterocycles. The van der Waals surface area contributed by atoms with Gasteiger partial charge in [0.25, 0.3) is 0 Å². The molecule has 2 unspecified atom stereocenters. The number of anilines is 1. The van der Waals surface area contributed by atoms with Gasteiger partial charge in [-0.15, -0.1) is 0 Å². The standard InChI is InChI=1S/C17H20BrN/c1-12-9-13-3-2-4-14(17(13)10-12)11-19-16-7-5-15(18)6-8-16/h2-8,12-13,17,19H,9-11H2,1H3/t12-,13?,17?/m0/s1. The maximum absolute atomic E-state index is 3.55. The summed E-state index contributed by atoms with van der Waals surface area (Å²) in [4.78, 5) is 0. The molecular weight excluding hydrogens is 298 g/mol. The molecule has 3 rings (SSSR count). The Kier molecular flexibility index (Phi) is 3.79. The van der Waals surface area contributed by atoms with Crippen LogP contribution in [0.4, 0.5) is 5.69 Å². The molecule has 19 heavy (non-hydrogen) atoms. The number of fused-ring (bicyclic) bond motifs is 1. The third-order valence-electron chi connectivity index (χ3n) is 4.33. The quantitative estimate of drug-likeness (QED) is 0.825. The van der Waals surface area contributed by atoms with Crippen LogP contribution in [0.5, 0.6) is 0 Å². The molecule has 1 N–H and O–H groups in total. The van der Waals surface area contributed by atoms with E-state index in [0.29, 0.717) is 0 Å². The van der Waals surface area contributed by atoms with Crippen molar-refractivity contribution in [3.63, 3.8) is 0 Å². The van der Waals surface area contributed by atoms with Crippen molar-refractivity contribution in [2.75, 3.05) is 11.9 Å². The molecule has 0 heterocycles. The molecular formula is C17H20BrN. The van der Waals surface area contributed by atoms with E-state index < -0.39 is 0 Å². The van der Waals surface area contributed by atoms with Gasteiger partial charge >= 0.3 is 0 Å². The van der Waals surface area contributed by atoms with E-state index in [1.165, 1.54) is 18.5 Å². The second kappa shape index (κ2) is 5.54. The summed E-state index contributed by atoms with van der Waals surface area (Å²) >= 11 is 3.47. The zero-order valence-corrected chi connectivity index (χ0v) is 12.9. The number of hydrogen-bond acceptors (Lipinski definition) is 1. The summed E-state index contributed by atoms with van der Waals surface area (Å²) in [7, 11) is 0. The van der Waals surface area contributed by atoms with Crippen LogP contribution in [0.1, 0.15) is 19.8 Å². The van der Waals surface area contributed by atoms with E-state index in [0.717, 1.165) is 28.8 Å². The van der Waals surface area contributed by atoms with Crippen LogP contribution in [0.25, 0.3) is 0 Å². The summed E-state index contributed by atoms with van der Waals surface area (Å²) < 4.78 is 1.13. The lowest BCUT2D eigenvalue weighted by Gasteiger charge is -2.23. The van der Waals surface area contributed by atoms with E-state index in [2.05, 4.69) is 70.7 Å². The second-order valence-electron chi connectivity index (χ2n) is 5.83. The van der Waals surface area contributed by atoms with Crippen molar-refractivity contribution >= 4 is 21.6 Å². The fraction of sp³-hybridized carbons (Fsp3) is 0.412. The zero-order chi connectivity index (χ0) is 13.2. The van der Waals surface area contributed by atoms with Crippen LogP contribution in [-0.4, -0.2) is 6.54 Å². The molecule has 0 bridgehead atoms. The first kappa shape index (κ1) is 13.0. The van der Waals surface area contributed by atoms with E-state index in [-0.39, 0.29) is 0 Å². The topological polar surface area (TPSA) is 12.0 Å². The van der Waals surface area contributed by atoms with Crippen LogP contribution in [0.2, 0.25) is 0 Å². The summed E-state index contributed by atoms with van der Waals surface area (Å²) in [5.74, 6) is 2.42. The Hall–Kier alpha value is -1.02. The Morgan fingerprint density at radius 3 is 2.79 bits per heavy atom. The van der Waals surface area contributed by atoms with Crippen LogP contribution in [-0.2, 0) is 0 Å². The Morgan fingerprint density at radius 1 is 1.21 bits per heavy atom. The molecule has 1 aromatic carbocycles. The van der Waals surface area contributed by atoms with Crippen LogP contribution in [0.15, 0.2) is 52.5 Å². The van der Waals surface area contributed by atoms with E-state index >= 15 is 0 Å². The molecule has 0 amide bonds. The van der Waals surface area contributed by atoms with Crippen molar-refractivity contribution in [1.29, 1.82) is 0 Å². The van der Waals surface area contributed by atoms with Gasteiger partial charge in [0.05, 0.1) is 0 Å². The fourth-order valence-corrected chi connectivity index (χ4v) is 3.64. The summed E-state index contributed by atoms with van der Waals surface area (Å²) in [5, 5.41) is 3.55. The lowest BCUT2D eigenvalue weighted by atomic mass is 9.85. The van der Waals surface area contributed by atoms with Gasteiger partial charge in [-0.2, -0.15) is 0 Å². The largest absolute Gasteiger partial charge is 0.381 e. The highest BCUT2D eigenvalue weighted by atomic mass is 79.9. The van der Waals surface area contributed by atoms with E-state index in [1.54, 1.807) is 5.57 Å². The lowest BCUT2D eigenvalue weighted by molar-refractivity contribution is 0.517. The average Bonchev–Trinajstić information content (AvgIpc) is 2.79. The highest BCUT2D eigenvalue weighted by Crippen LogP contribution is 2.43. The summed E-state index contributed by atoms with van der Waals surface area (Å²) in [6.07, 6.45) is 9.67. The molecule has 1 nitrogen and oxygen atoms in total. The van der Waals surface area contributed by atoms with Crippen molar-refractivity contribution < 1.29 is 0 Å². The van der Waals surface area contributed by atoms with Crippen molar-refractivity contribution in [1.82, 2.24) is 0 Å². The SMILES string of the molecule is C[C@H]1CC2C=CC=C(CNc3ccc(Br)cc3)C2C1. The molecule has 0 radical (unpaired) electrons. The zero-order valence-electron chi connectivity index (χ0n) is 11.3. The van der Waals surface area contributed by atoms with Gasteiger partial charge in [-0.25, -0.2) is 0 Å². The molecule has 0 aliphatic heterocycles. The summed E-state index contributed by atoms with van der Waals surface area (Å²) in [6, 6.07) is 8.41. The maximum atomic E-state index is 3.55. The third-order valence-corrected chi connectivity index (χ3v) is 4.86. The number of hydrogen-bond donors (Lipinski definition) is 1. The Balaban J connectivity index is 1.65. The highest BCUT2D eigenvalue weighted by molar-refractivity contribution is 9.10. The molecule has 1 saturated carbocycles. The minimum Gasteiger partial charge on any atom is -0.381 e. The number of halogens is 1. The smallest absolute Gasteiger partial charge is 0.0366 e. The van der Waals surface area contributed by atoms with Crippen molar-refractivity contribution in [3.05, 3.63) is 52.5 Å². The predicted molar refractivity (Wildman–Crippen MR) is 85.2 cm³/mol. The molecule has 0 saturated heterocycles. The van der Waals surface area contributed by atoms with E-state index in [9.17, 15) is 0 Å². The molecule has 0 spiro atoms. The first-order valence-electron chi connectivity index (χ1n) is 7.09. The normalized spacial score (nSPS) is 28.9. The summed E-state index contributed by atoms with van der Waals surface area (Å²) in [5.41, 5.74) is 2.76. The van der Waals surface area contributed by atoms with Gasteiger partial charge in [-0.3, -0.25) is 0 Å². The maximum Gasteiger partial charge on any atom is 0.0366 e. The number of nitrogens with one attached hydrogen (secondary N) is 1. The molecule has 2 aliphatic rings. The van der Waals surface area contributed by atoms with Crippen molar-refractivity contribution in [2.45, 2.75) is 19.8 Å². The molecule has 2 aliphatic carbocycles. The van der Waals surface area contributed by atoms with Gasteiger partial charge in [0, 0.05) is 16.7 Å². The van der Waals surface area contributed by atoms with Gasteiger partial charge in [0.2, 0.25) is 0 Å². The van der Waals surface area contributed by atoms with Crippen LogP contribution >= 0.6 is 15.9 Å². The monoisotopic (exact) mass is 317 g/mol. The summed E-state index contributed by atoms with van der Waals surface area (Å²) in [6.45, 7) is 3.35. The van der Waals surface area contributed by atoms with Gasteiger partial charge < -0.3 is 5.32 Å². The van der Waals surface area contributed by atoms with Crippen LogP contribution < -0.4 is 5.32 Å². The molecule has 1 fully saturated rings. The van der Waals surface area contributed by atoms with Crippen molar-refractivity contribution in [2.24, 2.45) is 17.8 Å². The predicted octanol–water partition coefficient (Wildman–Crippen LogP) is 5.02. The molecule has 2 heteroatoms. The number of benzene rings is 1. The van der Waals surface area contributed by atoms with Crippen LogP contribution in [0, 0.1) is 17.8 Å². The average molecular weight is 318 g/mol. The molecule has 3 atom stereocenters. The number of rotatable bonds is 3. The Morgan fingerprint density at radius 2 is 2.00 bits per heavy atom. The lowest BCUT2D eigenvalue weighted by Crippen LogP contribution is -2.18. The first-order valence-corrected chi connectivity index (χ1v) is 7.88. The van der Waals surface area contributed by atoms with Gasteiger partial charge in [0.15, 0.2) is 0 Å². The van der Waals surface area contributed by atoms with Gasteiger partial charge in [-0.1, -0.05) is 41.1 Å².